The number of fused-ring (bicyclic) bond motifs is 1. The van der Waals surface area contributed by atoms with Crippen LogP contribution in [-0.4, -0.2) is 30.3 Å². The Kier molecular flexibility index (Phi) is 5.60. The maximum absolute atomic E-state index is 12.1. The van der Waals surface area contributed by atoms with E-state index in [-0.39, 0.29) is 25.5 Å². The van der Waals surface area contributed by atoms with Gasteiger partial charge in [-0.1, -0.05) is 29.8 Å². The van der Waals surface area contributed by atoms with Crippen molar-refractivity contribution in [1.29, 1.82) is 0 Å². The van der Waals surface area contributed by atoms with Crippen LogP contribution >= 0.6 is 11.8 Å². The van der Waals surface area contributed by atoms with E-state index >= 15 is 0 Å². The van der Waals surface area contributed by atoms with Gasteiger partial charge in [0.1, 0.15) is 19.0 Å². The molecule has 2 aromatic rings. The fourth-order valence-electron chi connectivity index (χ4n) is 2.39. The van der Waals surface area contributed by atoms with E-state index in [0.717, 1.165) is 21.9 Å². The molecule has 0 unspecified atom stereocenters. The smallest absolute Gasteiger partial charge is 0.307 e. The lowest BCUT2D eigenvalue weighted by atomic mass is 10.2. The molecule has 0 aromatic heterocycles. The molecular weight excluding hydrogens is 338 g/mol. The van der Waals surface area contributed by atoms with E-state index < -0.39 is 11.2 Å². The molecule has 1 amide bonds. The van der Waals surface area contributed by atoms with Gasteiger partial charge in [-0.2, -0.15) is 0 Å². The zero-order valence-corrected chi connectivity index (χ0v) is 14.7. The van der Waals surface area contributed by atoms with E-state index in [9.17, 15) is 9.59 Å². The number of carbonyl (C=O) groups excluding carboxylic acids is 2. The van der Waals surface area contributed by atoms with Gasteiger partial charge < -0.3 is 14.8 Å². The molecule has 130 valence electrons. The predicted molar refractivity (Wildman–Crippen MR) is 97.0 cm³/mol. The maximum atomic E-state index is 12.1. The quantitative estimate of drug-likeness (QED) is 0.634. The third-order valence-electron chi connectivity index (χ3n) is 3.69. The molecule has 5 nitrogen and oxygen atoms in total. The number of amides is 1. The normalized spacial score (nSPS) is 15.9. The SMILES string of the molecule is Cc1ccc(OCCOC(=O)C[C@@H]2Sc3ccccc3NC2=O)cc1. The highest BCUT2D eigenvalue weighted by Crippen LogP contribution is 2.36. The van der Waals surface area contributed by atoms with Crippen molar-refractivity contribution < 1.29 is 19.1 Å². The number of carbonyl (C=O) groups is 2. The minimum atomic E-state index is -0.472. The highest BCUT2D eigenvalue weighted by molar-refractivity contribution is 8.01. The molecule has 25 heavy (non-hydrogen) atoms. The van der Waals surface area contributed by atoms with Crippen molar-refractivity contribution in [3.63, 3.8) is 0 Å². The Hall–Kier alpha value is -2.47. The second-order valence-electron chi connectivity index (χ2n) is 5.68. The number of anilines is 1. The minimum Gasteiger partial charge on any atom is -0.490 e. The topological polar surface area (TPSA) is 64.6 Å². The lowest BCUT2D eigenvalue weighted by molar-refractivity contribution is -0.145. The maximum Gasteiger partial charge on any atom is 0.307 e. The Labute approximate surface area is 150 Å². The van der Waals surface area contributed by atoms with Crippen LogP contribution in [0, 0.1) is 6.92 Å². The summed E-state index contributed by atoms with van der Waals surface area (Å²) in [6.45, 7) is 2.44. The van der Waals surface area contributed by atoms with Crippen LogP contribution in [0.3, 0.4) is 0 Å². The van der Waals surface area contributed by atoms with Crippen molar-refractivity contribution in [3.8, 4) is 5.75 Å². The summed E-state index contributed by atoms with van der Waals surface area (Å²) in [7, 11) is 0. The van der Waals surface area contributed by atoms with Gasteiger partial charge in [0.2, 0.25) is 5.91 Å². The molecule has 0 aliphatic carbocycles. The van der Waals surface area contributed by atoms with Gasteiger partial charge in [0.15, 0.2) is 0 Å². The summed E-state index contributed by atoms with van der Waals surface area (Å²) >= 11 is 1.39. The Morgan fingerprint density at radius 1 is 1.12 bits per heavy atom. The molecule has 0 fully saturated rings. The summed E-state index contributed by atoms with van der Waals surface area (Å²) in [5.41, 5.74) is 1.94. The summed E-state index contributed by atoms with van der Waals surface area (Å²) in [4.78, 5) is 25.0. The monoisotopic (exact) mass is 357 g/mol. The largest absolute Gasteiger partial charge is 0.490 e. The lowest BCUT2D eigenvalue weighted by Crippen LogP contribution is -2.31. The fraction of sp³-hybridized carbons (Fsp3) is 0.263. The van der Waals surface area contributed by atoms with E-state index in [4.69, 9.17) is 9.47 Å². The molecule has 0 radical (unpaired) electrons. The Morgan fingerprint density at radius 3 is 2.68 bits per heavy atom. The molecule has 1 aliphatic rings. The highest BCUT2D eigenvalue weighted by atomic mass is 32.2. The van der Waals surface area contributed by atoms with E-state index in [0.29, 0.717) is 0 Å². The van der Waals surface area contributed by atoms with Crippen molar-refractivity contribution in [1.82, 2.24) is 0 Å². The van der Waals surface area contributed by atoms with Crippen LogP contribution in [0.4, 0.5) is 5.69 Å². The number of esters is 1. The standard InChI is InChI=1S/C19H19NO4S/c1-13-6-8-14(9-7-13)23-10-11-24-18(21)12-17-19(22)20-15-4-2-3-5-16(15)25-17/h2-9,17H,10-12H2,1H3,(H,20,22)/t17-/m0/s1. The Balaban J connectivity index is 1.42. The number of benzene rings is 2. The molecule has 0 bridgehead atoms. The zero-order chi connectivity index (χ0) is 17.6. The van der Waals surface area contributed by atoms with E-state index in [1.165, 1.54) is 11.8 Å². The molecule has 0 saturated carbocycles. The predicted octanol–water partition coefficient (Wildman–Crippen LogP) is 3.42. The van der Waals surface area contributed by atoms with Gasteiger partial charge in [-0.05, 0) is 31.2 Å². The summed E-state index contributed by atoms with van der Waals surface area (Å²) in [6.07, 6.45) is 0.0371. The van der Waals surface area contributed by atoms with Crippen molar-refractivity contribution in [2.24, 2.45) is 0 Å². The molecule has 3 rings (SSSR count). The second kappa shape index (κ2) is 8.07. The summed E-state index contributed by atoms with van der Waals surface area (Å²) in [5, 5.41) is 2.34. The molecule has 1 atom stereocenters. The first-order valence-corrected chi connectivity index (χ1v) is 8.91. The first kappa shape index (κ1) is 17.4. The first-order valence-electron chi connectivity index (χ1n) is 8.03. The number of ether oxygens (including phenoxy) is 2. The third kappa shape index (κ3) is 4.76. The molecule has 6 heteroatoms. The molecular formula is C19H19NO4S. The summed E-state index contributed by atoms with van der Waals surface area (Å²) < 4.78 is 10.7. The first-order chi connectivity index (χ1) is 12.1. The van der Waals surface area contributed by atoms with Gasteiger partial charge in [-0.15, -0.1) is 11.8 Å². The van der Waals surface area contributed by atoms with Gasteiger partial charge in [-0.3, -0.25) is 9.59 Å². The number of rotatable bonds is 6. The number of para-hydroxylation sites is 1. The Morgan fingerprint density at radius 2 is 1.88 bits per heavy atom. The number of nitrogens with one attached hydrogen (secondary N) is 1. The molecule has 1 aliphatic heterocycles. The highest BCUT2D eigenvalue weighted by Gasteiger charge is 2.29. The van der Waals surface area contributed by atoms with Crippen LogP contribution < -0.4 is 10.1 Å². The number of thioether (sulfide) groups is 1. The van der Waals surface area contributed by atoms with E-state index in [1.54, 1.807) is 0 Å². The minimum absolute atomic E-state index is 0.0371. The molecule has 0 saturated heterocycles. The van der Waals surface area contributed by atoms with Crippen molar-refractivity contribution in [2.45, 2.75) is 23.5 Å². The van der Waals surface area contributed by atoms with Crippen LogP contribution in [0.25, 0.3) is 0 Å². The molecule has 1 heterocycles. The van der Waals surface area contributed by atoms with Gasteiger partial charge in [0, 0.05) is 4.90 Å². The number of aryl methyl sites for hydroxylation is 1. The van der Waals surface area contributed by atoms with E-state index in [1.807, 2.05) is 55.5 Å². The van der Waals surface area contributed by atoms with Crippen LogP contribution in [0.1, 0.15) is 12.0 Å². The van der Waals surface area contributed by atoms with Gasteiger partial charge in [-0.25, -0.2) is 0 Å². The molecule has 2 aromatic carbocycles. The van der Waals surface area contributed by atoms with Gasteiger partial charge in [0.25, 0.3) is 0 Å². The van der Waals surface area contributed by atoms with E-state index in [2.05, 4.69) is 5.32 Å². The fourth-order valence-corrected chi connectivity index (χ4v) is 3.48. The van der Waals surface area contributed by atoms with Crippen LogP contribution in [0.15, 0.2) is 53.4 Å². The number of hydrogen-bond donors (Lipinski definition) is 1. The third-order valence-corrected chi connectivity index (χ3v) is 4.97. The Bertz CT molecular complexity index is 760. The zero-order valence-electron chi connectivity index (χ0n) is 13.9. The molecule has 0 spiro atoms. The van der Waals surface area contributed by atoms with Crippen molar-refractivity contribution >= 4 is 29.3 Å². The average Bonchev–Trinajstić information content (AvgIpc) is 2.61. The van der Waals surface area contributed by atoms with Crippen molar-refractivity contribution in [3.05, 3.63) is 54.1 Å². The van der Waals surface area contributed by atoms with Gasteiger partial charge >= 0.3 is 5.97 Å². The summed E-state index contributed by atoms with van der Waals surface area (Å²) in [6, 6.07) is 15.2. The van der Waals surface area contributed by atoms with Crippen molar-refractivity contribution in [2.75, 3.05) is 18.5 Å². The van der Waals surface area contributed by atoms with Gasteiger partial charge in [0.05, 0.1) is 17.4 Å². The van der Waals surface area contributed by atoms with Crippen LogP contribution in [0.5, 0.6) is 5.75 Å². The second-order valence-corrected chi connectivity index (χ2v) is 6.92. The summed E-state index contributed by atoms with van der Waals surface area (Å²) in [5.74, 6) is 0.163. The van der Waals surface area contributed by atoms with Crippen LogP contribution in [-0.2, 0) is 14.3 Å². The number of hydrogen-bond acceptors (Lipinski definition) is 5. The van der Waals surface area contributed by atoms with Crippen LogP contribution in [0.2, 0.25) is 0 Å². The molecule has 1 N–H and O–H groups in total. The average molecular weight is 357 g/mol. The lowest BCUT2D eigenvalue weighted by Gasteiger charge is -2.23.